The van der Waals surface area contributed by atoms with Crippen molar-refractivity contribution < 1.29 is 9.59 Å². The Hall–Kier alpha value is -3.00. The van der Waals surface area contributed by atoms with Crippen molar-refractivity contribution in [1.82, 2.24) is 15.2 Å². The highest BCUT2D eigenvalue weighted by Gasteiger charge is 2.35. The highest BCUT2D eigenvalue weighted by Crippen LogP contribution is 2.28. The molecule has 0 saturated carbocycles. The van der Waals surface area contributed by atoms with E-state index in [0.717, 1.165) is 15.7 Å². The van der Waals surface area contributed by atoms with Crippen molar-refractivity contribution in [2.24, 2.45) is 5.92 Å². The molecule has 8 heteroatoms. The first-order valence-electron chi connectivity index (χ1n) is 8.45. The standard InChI is InChI=1S/C19H16BrN5O2/c20-14-7-4-8-15(10-14)25-11-13(9-16(25)26)18(27)22-19-21-17(23-24-19)12-5-2-1-3-6-12/h1-8,10,13H,9,11H2,(H2,21,22,23,24,27)/t13-/m1/s1. The summed E-state index contributed by atoms with van der Waals surface area (Å²) in [7, 11) is 0. The van der Waals surface area contributed by atoms with E-state index in [4.69, 9.17) is 0 Å². The van der Waals surface area contributed by atoms with Crippen molar-refractivity contribution in [2.45, 2.75) is 6.42 Å². The van der Waals surface area contributed by atoms with Crippen molar-refractivity contribution in [3.63, 3.8) is 0 Å². The van der Waals surface area contributed by atoms with Crippen molar-refractivity contribution in [1.29, 1.82) is 0 Å². The third-order valence-corrected chi connectivity index (χ3v) is 4.88. The molecule has 27 heavy (non-hydrogen) atoms. The summed E-state index contributed by atoms with van der Waals surface area (Å²) < 4.78 is 0.884. The Balaban J connectivity index is 1.44. The molecule has 1 aromatic heterocycles. The maximum Gasteiger partial charge on any atom is 0.249 e. The number of hydrogen-bond donors (Lipinski definition) is 2. The molecule has 2 N–H and O–H groups in total. The van der Waals surface area contributed by atoms with Gasteiger partial charge in [-0.1, -0.05) is 52.3 Å². The number of carbonyl (C=O) groups excluding carboxylic acids is 2. The van der Waals surface area contributed by atoms with Crippen LogP contribution in [0.5, 0.6) is 0 Å². The fourth-order valence-corrected chi connectivity index (χ4v) is 3.42. The molecule has 1 saturated heterocycles. The van der Waals surface area contributed by atoms with E-state index in [0.29, 0.717) is 12.4 Å². The van der Waals surface area contributed by atoms with Gasteiger partial charge in [-0.2, -0.15) is 4.98 Å². The molecule has 0 aliphatic carbocycles. The van der Waals surface area contributed by atoms with Gasteiger partial charge in [0.25, 0.3) is 0 Å². The molecule has 136 valence electrons. The Morgan fingerprint density at radius 3 is 2.78 bits per heavy atom. The predicted octanol–water partition coefficient (Wildman–Crippen LogP) is 3.23. The van der Waals surface area contributed by atoms with Gasteiger partial charge in [0.05, 0.1) is 5.92 Å². The van der Waals surface area contributed by atoms with Crippen LogP contribution in [0.15, 0.2) is 59.1 Å². The molecule has 2 heterocycles. The second kappa shape index (κ2) is 7.32. The van der Waals surface area contributed by atoms with Crippen LogP contribution in [0.3, 0.4) is 0 Å². The molecule has 0 radical (unpaired) electrons. The van der Waals surface area contributed by atoms with E-state index in [-0.39, 0.29) is 24.2 Å². The second-order valence-corrected chi connectivity index (χ2v) is 7.16. The molecule has 2 aromatic carbocycles. The second-order valence-electron chi connectivity index (χ2n) is 6.25. The topological polar surface area (TPSA) is 91.0 Å². The minimum Gasteiger partial charge on any atom is -0.312 e. The molecule has 0 unspecified atom stereocenters. The number of H-pyrrole nitrogens is 1. The zero-order chi connectivity index (χ0) is 18.8. The average molecular weight is 426 g/mol. The molecular weight excluding hydrogens is 410 g/mol. The highest BCUT2D eigenvalue weighted by molar-refractivity contribution is 9.10. The SMILES string of the molecule is O=C(Nc1n[nH]c(-c2ccccc2)n1)[C@@H]1CC(=O)N(c2cccc(Br)c2)C1. The predicted molar refractivity (Wildman–Crippen MR) is 105 cm³/mol. The first-order valence-corrected chi connectivity index (χ1v) is 9.24. The number of benzene rings is 2. The maximum absolute atomic E-state index is 12.6. The molecule has 3 aromatic rings. The Morgan fingerprint density at radius 2 is 2.00 bits per heavy atom. The highest BCUT2D eigenvalue weighted by atomic mass is 79.9. The third kappa shape index (κ3) is 3.75. The molecule has 1 aliphatic heterocycles. The Morgan fingerprint density at radius 1 is 1.19 bits per heavy atom. The lowest BCUT2D eigenvalue weighted by molar-refractivity contribution is -0.122. The lowest BCUT2D eigenvalue weighted by atomic mass is 10.1. The minimum absolute atomic E-state index is 0.0757. The molecule has 1 aliphatic rings. The quantitative estimate of drug-likeness (QED) is 0.670. The van der Waals surface area contributed by atoms with Gasteiger partial charge in [0.2, 0.25) is 17.8 Å². The van der Waals surface area contributed by atoms with Crippen LogP contribution in [0.2, 0.25) is 0 Å². The number of aromatic nitrogens is 3. The summed E-state index contributed by atoms with van der Waals surface area (Å²) >= 11 is 3.40. The number of anilines is 2. The van der Waals surface area contributed by atoms with Gasteiger partial charge in [-0.3, -0.25) is 20.0 Å². The van der Waals surface area contributed by atoms with E-state index in [1.165, 1.54) is 0 Å². The minimum atomic E-state index is -0.449. The first-order chi connectivity index (χ1) is 13.1. The van der Waals surface area contributed by atoms with Crippen LogP contribution in [0.1, 0.15) is 6.42 Å². The lowest BCUT2D eigenvalue weighted by Crippen LogP contribution is -2.28. The molecule has 4 rings (SSSR count). The van der Waals surface area contributed by atoms with E-state index in [9.17, 15) is 9.59 Å². The largest absolute Gasteiger partial charge is 0.312 e. The van der Waals surface area contributed by atoms with Crippen molar-refractivity contribution >= 4 is 39.4 Å². The molecule has 7 nitrogen and oxygen atoms in total. The number of rotatable bonds is 4. The Labute approximate surface area is 163 Å². The van der Waals surface area contributed by atoms with Crippen LogP contribution in [-0.4, -0.2) is 33.5 Å². The van der Waals surface area contributed by atoms with Crippen LogP contribution in [-0.2, 0) is 9.59 Å². The molecule has 0 spiro atoms. The van der Waals surface area contributed by atoms with Gasteiger partial charge in [0.15, 0.2) is 5.82 Å². The van der Waals surface area contributed by atoms with Crippen molar-refractivity contribution in [3.05, 3.63) is 59.1 Å². The summed E-state index contributed by atoms with van der Waals surface area (Å²) in [6.45, 7) is 0.330. The zero-order valence-electron chi connectivity index (χ0n) is 14.2. The number of hydrogen-bond acceptors (Lipinski definition) is 4. The van der Waals surface area contributed by atoms with E-state index >= 15 is 0 Å². The van der Waals surface area contributed by atoms with Crippen LogP contribution in [0, 0.1) is 5.92 Å². The van der Waals surface area contributed by atoms with E-state index in [1.54, 1.807) is 4.90 Å². The van der Waals surface area contributed by atoms with Gasteiger partial charge < -0.3 is 4.90 Å². The molecule has 0 bridgehead atoms. The van der Waals surface area contributed by atoms with Gasteiger partial charge in [-0.25, -0.2) is 0 Å². The number of amides is 2. The monoisotopic (exact) mass is 425 g/mol. The number of aromatic amines is 1. The average Bonchev–Trinajstić information content (AvgIpc) is 3.29. The molecule has 2 amide bonds. The summed E-state index contributed by atoms with van der Waals surface area (Å²) in [6, 6.07) is 17.0. The number of halogens is 1. The van der Waals surface area contributed by atoms with Crippen LogP contribution in [0.4, 0.5) is 11.6 Å². The fourth-order valence-electron chi connectivity index (χ4n) is 3.03. The van der Waals surface area contributed by atoms with Crippen molar-refractivity contribution in [3.8, 4) is 11.4 Å². The van der Waals surface area contributed by atoms with Crippen molar-refractivity contribution in [2.75, 3.05) is 16.8 Å². The summed E-state index contributed by atoms with van der Waals surface area (Å²) in [4.78, 5) is 30.8. The number of nitrogens with zero attached hydrogens (tertiary/aromatic N) is 3. The van der Waals surface area contributed by atoms with Crippen LogP contribution >= 0.6 is 15.9 Å². The Bertz CT molecular complexity index is 989. The smallest absolute Gasteiger partial charge is 0.249 e. The third-order valence-electron chi connectivity index (χ3n) is 4.38. The number of nitrogens with one attached hydrogen (secondary N) is 2. The van der Waals surface area contributed by atoms with Crippen LogP contribution < -0.4 is 10.2 Å². The lowest BCUT2D eigenvalue weighted by Gasteiger charge is -2.16. The summed E-state index contributed by atoms with van der Waals surface area (Å²) in [5, 5.41) is 9.55. The van der Waals surface area contributed by atoms with Gasteiger partial charge in [0.1, 0.15) is 0 Å². The van der Waals surface area contributed by atoms with Gasteiger partial charge in [-0.05, 0) is 18.2 Å². The Kier molecular flexibility index (Phi) is 4.72. The van der Waals surface area contributed by atoms with E-state index in [2.05, 4.69) is 36.4 Å². The van der Waals surface area contributed by atoms with E-state index in [1.807, 2.05) is 54.6 Å². The van der Waals surface area contributed by atoms with Crippen LogP contribution in [0.25, 0.3) is 11.4 Å². The van der Waals surface area contributed by atoms with Gasteiger partial charge >= 0.3 is 0 Å². The summed E-state index contributed by atoms with van der Waals surface area (Å²) in [6.07, 6.45) is 0.161. The van der Waals surface area contributed by atoms with Gasteiger partial charge in [-0.15, -0.1) is 5.10 Å². The molecule has 1 atom stereocenters. The normalized spacial score (nSPS) is 16.6. The number of carbonyl (C=O) groups is 2. The van der Waals surface area contributed by atoms with Gasteiger partial charge in [0, 0.05) is 28.7 Å². The molecule has 1 fully saturated rings. The fraction of sp³-hybridized carbons (Fsp3) is 0.158. The maximum atomic E-state index is 12.6. The summed E-state index contributed by atoms with van der Waals surface area (Å²) in [5.74, 6) is -0.0146. The first kappa shape index (κ1) is 17.4. The zero-order valence-corrected chi connectivity index (χ0v) is 15.8. The summed E-state index contributed by atoms with van der Waals surface area (Å²) in [5.41, 5.74) is 1.65. The van der Waals surface area contributed by atoms with E-state index < -0.39 is 5.92 Å². The molecular formula is C19H16BrN5O2.